The van der Waals surface area contributed by atoms with Crippen LogP contribution in [0.5, 0.6) is 0 Å². The summed E-state index contributed by atoms with van der Waals surface area (Å²) in [5, 5.41) is 0. The van der Waals surface area contributed by atoms with E-state index in [0.717, 1.165) is 0 Å². The Morgan fingerprint density at radius 1 is 1.50 bits per heavy atom. The van der Waals surface area contributed by atoms with E-state index >= 15 is 0 Å². The van der Waals surface area contributed by atoms with Gasteiger partial charge in [-0.05, 0) is 0 Å². The van der Waals surface area contributed by atoms with Gasteiger partial charge < -0.3 is 0 Å². The van der Waals surface area contributed by atoms with Gasteiger partial charge in [-0.15, -0.1) is 0 Å². The first-order valence-electron chi connectivity index (χ1n) is 2.09. The third-order valence-electron chi connectivity index (χ3n) is 0.354. The van der Waals surface area contributed by atoms with Crippen molar-refractivity contribution in [2.45, 2.75) is 24.9 Å². The second-order valence-electron chi connectivity index (χ2n) is 1.37. The summed E-state index contributed by atoms with van der Waals surface area (Å²) >= 11 is -0.350. The SMILES string of the molecule is [CH3][Sn][O]C(C)C. The van der Waals surface area contributed by atoms with E-state index in [1.807, 2.05) is 0 Å². The summed E-state index contributed by atoms with van der Waals surface area (Å²) in [6.45, 7) is 4.15. The Bertz CT molecular complexity index is 28.7. The van der Waals surface area contributed by atoms with E-state index in [2.05, 4.69) is 18.8 Å². The van der Waals surface area contributed by atoms with Crippen LogP contribution < -0.4 is 0 Å². The molecule has 2 radical (unpaired) electrons. The number of hydrogen-bond donors (Lipinski definition) is 0. The van der Waals surface area contributed by atoms with Crippen molar-refractivity contribution < 1.29 is 3.07 Å². The van der Waals surface area contributed by atoms with E-state index in [4.69, 9.17) is 3.07 Å². The molecule has 0 aliphatic rings. The second kappa shape index (κ2) is 3.93. The molecule has 0 bridgehead atoms. The molecule has 0 saturated heterocycles. The van der Waals surface area contributed by atoms with Crippen molar-refractivity contribution in [3.05, 3.63) is 0 Å². The molecular formula is C4H10OSn. The molecule has 0 amide bonds. The van der Waals surface area contributed by atoms with Crippen molar-refractivity contribution in [1.82, 2.24) is 0 Å². The topological polar surface area (TPSA) is 9.23 Å². The average Bonchev–Trinajstić information content (AvgIpc) is 1.35. The second-order valence-corrected chi connectivity index (χ2v) is 3.21. The van der Waals surface area contributed by atoms with E-state index in [1.165, 1.54) is 0 Å². The van der Waals surface area contributed by atoms with Gasteiger partial charge in [0.15, 0.2) is 0 Å². The summed E-state index contributed by atoms with van der Waals surface area (Å²) in [6, 6.07) is 0. The fourth-order valence-corrected chi connectivity index (χ4v) is 1.58. The van der Waals surface area contributed by atoms with Crippen LogP contribution in [0.4, 0.5) is 0 Å². The molecule has 0 spiro atoms. The maximum absolute atomic E-state index is 5.21. The molecule has 0 rings (SSSR count). The molecule has 6 heavy (non-hydrogen) atoms. The van der Waals surface area contributed by atoms with Crippen molar-refractivity contribution in [3.8, 4) is 0 Å². The minimum absolute atomic E-state index is 0.350. The molecule has 0 aromatic heterocycles. The van der Waals surface area contributed by atoms with Crippen LogP contribution in [-0.2, 0) is 3.07 Å². The predicted octanol–water partition coefficient (Wildman–Crippen LogP) is 1.08. The zero-order valence-corrected chi connectivity index (χ0v) is 7.34. The van der Waals surface area contributed by atoms with Gasteiger partial charge in [-0.3, -0.25) is 0 Å². The summed E-state index contributed by atoms with van der Waals surface area (Å²) in [5.74, 6) is 0. The van der Waals surface area contributed by atoms with Crippen LogP contribution in [-0.4, -0.2) is 27.7 Å². The van der Waals surface area contributed by atoms with Crippen LogP contribution in [0.2, 0.25) is 4.94 Å². The van der Waals surface area contributed by atoms with Gasteiger partial charge in [0.25, 0.3) is 0 Å². The molecule has 0 saturated carbocycles. The monoisotopic (exact) mass is 194 g/mol. The molecule has 36 valence electrons. The standard InChI is InChI=1S/C3H7O.CH3.Sn/c1-3(2)4;;/h3H,1-2H3;1H3;/q-1;;+1. The first-order chi connectivity index (χ1) is 2.77. The zero-order valence-electron chi connectivity index (χ0n) is 4.49. The number of hydrogen-bond acceptors (Lipinski definition) is 1. The molecule has 2 heteroatoms. The quantitative estimate of drug-likeness (QED) is 0.596. The van der Waals surface area contributed by atoms with Crippen LogP contribution in [0, 0.1) is 0 Å². The Morgan fingerprint density at radius 3 is 2.00 bits per heavy atom. The zero-order chi connectivity index (χ0) is 4.99. The van der Waals surface area contributed by atoms with E-state index in [0.29, 0.717) is 6.10 Å². The first-order valence-corrected chi connectivity index (χ1v) is 6.11. The van der Waals surface area contributed by atoms with Gasteiger partial charge in [0, 0.05) is 0 Å². The third kappa shape index (κ3) is 4.76. The Balaban J connectivity index is 2.63. The van der Waals surface area contributed by atoms with Crippen LogP contribution in [0.1, 0.15) is 13.8 Å². The van der Waals surface area contributed by atoms with Crippen molar-refractivity contribution in [2.75, 3.05) is 0 Å². The van der Waals surface area contributed by atoms with Gasteiger partial charge in [0.05, 0.1) is 0 Å². The van der Waals surface area contributed by atoms with Crippen LogP contribution in [0.15, 0.2) is 0 Å². The summed E-state index contributed by atoms with van der Waals surface area (Å²) < 4.78 is 5.21. The molecule has 0 aromatic carbocycles. The molecule has 0 atom stereocenters. The van der Waals surface area contributed by atoms with Gasteiger partial charge in [0.1, 0.15) is 0 Å². The summed E-state index contributed by atoms with van der Waals surface area (Å²) in [7, 11) is 0. The molecule has 0 unspecified atom stereocenters. The van der Waals surface area contributed by atoms with E-state index in [9.17, 15) is 0 Å². The fourth-order valence-electron chi connectivity index (χ4n) is 0.236. The molecule has 0 aliphatic heterocycles. The van der Waals surface area contributed by atoms with Crippen molar-refractivity contribution >= 4 is 21.6 Å². The Kier molecular flexibility index (Phi) is 4.43. The summed E-state index contributed by atoms with van der Waals surface area (Å²) in [6.07, 6.45) is 0.474. The van der Waals surface area contributed by atoms with E-state index < -0.39 is 0 Å². The Morgan fingerprint density at radius 2 is 2.00 bits per heavy atom. The fraction of sp³-hybridized carbons (Fsp3) is 1.00. The van der Waals surface area contributed by atoms with Gasteiger partial charge in [-0.2, -0.15) is 0 Å². The molecule has 1 nitrogen and oxygen atoms in total. The Hall–Kier alpha value is 0.759. The third-order valence-corrected chi connectivity index (χ3v) is 2.37. The molecular weight excluding hydrogens is 183 g/mol. The normalized spacial score (nSPS) is 10.0. The molecule has 0 aliphatic carbocycles. The van der Waals surface area contributed by atoms with Gasteiger partial charge in [-0.1, -0.05) is 0 Å². The van der Waals surface area contributed by atoms with Crippen LogP contribution in [0.3, 0.4) is 0 Å². The predicted molar refractivity (Wildman–Crippen MR) is 27.8 cm³/mol. The van der Waals surface area contributed by atoms with Crippen molar-refractivity contribution in [3.63, 3.8) is 0 Å². The maximum atomic E-state index is 5.21. The molecule has 0 heterocycles. The Labute approximate surface area is 49.8 Å². The minimum atomic E-state index is -0.350. The number of rotatable bonds is 2. The van der Waals surface area contributed by atoms with Gasteiger partial charge >= 0.3 is 49.5 Å². The van der Waals surface area contributed by atoms with Gasteiger partial charge in [0.2, 0.25) is 0 Å². The van der Waals surface area contributed by atoms with E-state index in [-0.39, 0.29) is 21.6 Å². The summed E-state index contributed by atoms with van der Waals surface area (Å²) in [5.41, 5.74) is 0. The molecule has 0 N–H and O–H groups in total. The molecule has 0 fully saturated rings. The van der Waals surface area contributed by atoms with Crippen LogP contribution in [0.25, 0.3) is 0 Å². The van der Waals surface area contributed by atoms with Crippen molar-refractivity contribution in [2.24, 2.45) is 0 Å². The average molecular weight is 193 g/mol. The van der Waals surface area contributed by atoms with Crippen molar-refractivity contribution in [1.29, 1.82) is 0 Å². The van der Waals surface area contributed by atoms with Crippen LogP contribution >= 0.6 is 0 Å². The molecule has 0 aromatic rings. The first kappa shape index (κ1) is 6.76. The van der Waals surface area contributed by atoms with E-state index in [1.54, 1.807) is 0 Å². The van der Waals surface area contributed by atoms with Gasteiger partial charge in [-0.25, -0.2) is 0 Å². The summed E-state index contributed by atoms with van der Waals surface area (Å²) in [4.78, 5) is 2.17.